The van der Waals surface area contributed by atoms with Crippen molar-refractivity contribution in [3.05, 3.63) is 47.7 Å². The van der Waals surface area contributed by atoms with E-state index in [1.54, 1.807) is 6.92 Å². The number of carbonyl (C=O) groups is 1. The van der Waals surface area contributed by atoms with Gasteiger partial charge in [-0.2, -0.15) is 0 Å². The largest absolute Gasteiger partial charge is 0.445 e. The van der Waals surface area contributed by atoms with Crippen LogP contribution in [0.15, 0.2) is 34.7 Å². The van der Waals surface area contributed by atoms with E-state index in [1.165, 1.54) is 4.90 Å². The Morgan fingerprint density at radius 3 is 2.86 bits per heavy atom. The highest BCUT2D eigenvalue weighted by molar-refractivity contribution is 5.68. The number of rotatable bonds is 3. The molecule has 1 aromatic carbocycles. The molecule has 0 unspecified atom stereocenters. The summed E-state index contributed by atoms with van der Waals surface area (Å²) in [5.41, 5.74) is 0.904. The number of aryl methyl sites for hydroxylation is 1. The van der Waals surface area contributed by atoms with E-state index in [0.29, 0.717) is 18.2 Å². The Bertz CT molecular complexity index is 643. The monoisotopic (exact) mass is 303 g/mol. The van der Waals surface area contributed by atoms with E-state index in [-0.39, 0.29) is 13.2 Å². The molecule has 2 heterocycles. The van der Waals surface area contributed by atoms with Crippen LogP contribution in [-0.4, -0.2) is 38.9 Å². The SMILES string of the molecule is Cc1nnc([C@H]2C[C@@H](O)CN2C(=O)OCc2ccccc2)o1. The van der Waals surface area contributed by atoms with Gasteiger partial charge in [0, 0.05) is 13.3 Å². The summed E-state index contributed by atoms with van der Waals surface area (Å²) in [6, 6.07) is 8.98. The third kappa shape index (κ3) is 3.09. The predicted octanol–water partition coefficient (Wildman–Crippen LogP) is 1.82. The molecule has 0 spiro atoms. The number of aliphatic hydroxyl groups is 1. The molecule has 1 fully saturated rings. The van der Waals surface area contributed by atoms with Crippen LogP contribution in [0.2, 0.25) is 0 Å². The number of carbonyl (C=O) groups excluding carboxylic acids is 1. The molecule has 1 aliphatic heterocycles. The fourth-order valence-corrected chi connectivity index (χ4v) is 2.50. The summed E-state index contributed by atoms with van der Waals surface area (Å²) in [5, 5.41) is 17.5. The molecule has 0 radical (unpaired) electrons. The molecule has 0 saturated carbocycles. The molecule has 1 saturated heterocycles. The van der Waals surface area contributed by atoms with Gasteiger partial charge in [0.05, 0.1) is 12.6 Å². The van der Waals surface area contributed by atoms with Gasteiger partial charge in [-0.25, -0.2) is 4.79 Å². The van der Waals surface area contributed by atoms with E-state index in [9.17, 15) is 9.90 Å². The van der Waals surface area contributed by atoms with E-state index >= 15 is 0 Å². The summed E-state index contributed by atoms with van der Waals surface area (Å²) in [4.78, 5) is 13.7. The predicted molar refractivity (Wildman–Crippen MR) is 75.7 cm³/mol. The van der Waals surface area contributed by atoms with Gasteiger partial charge in [-0.3, -0.25) is 4.90 Å². The van der Waals surface area contributed by atoms with E-state index in [0.717, 1.165) is 5.56 Å². The lowest BCUT2D eigenvalue weighted by Crippen LogP contribution is -2.32. The lowest BCUT2D eigenvalue weighted by Gasteiger charge is -2.21. The van der Waals surface area contributed by atoms with Gasteiger partial charge in [-0.1, -0.05) is 30.3 Å². The van der Waals surface area contributed by atoms with Crippen LogP contribution >= 0.6 is 0 Å². The van der Waals surface area contributed by atoms with Gasteiger partial charge < -0.3 is 14.3 Å². The molecule has 0 bridgehead atoms. The van der Waals surface area contributed by atoms with Gasteiger partial charge in [0.2, 0.25) is 11.8 Å². The molecule has 116 valence electrons. The minimum absolute atomic E-state index is 0.182. The summed E-state index contributed by atoms with van der Waals surface area (Å²) < 4.78 is 10.7. The number of aromatic nitrogens is 2. The molecule has 22 heavy (non-hydrogen) atoms. The standard InChI is InChI=1S/C15H17N3O4/c1-10-16-17-14(22-10)13-7-12(19)8-18(13)15(20)21-9-11-5-3-2-4-6-11/h2-6,12-13,19H,7-9H2,1H3/t12-,13-/m1/s1. The number of nitrogens with zero attached hydrogens (tertiary/aromatic N) is 3. The normalized spacial score (nSPS) is 21.1. The van der Waals surface area contributed by atoms with E-state index < -0.39 is 18.2 Å². The van der Waals surface area contributed by atoms with Crippen LogP contribution in [0.4, 0.5) is 4.79 Å². The lowest BCUT2D eigenvalue weighted by atomic mass is 10.2. The maximum absolute atomic E-state index is 12.3. The van der Waals surface area contributed by atoms with Gasteiger partial charge in [0.1, 0.15) is 12.6 Å². The summed E-state index contributed by atoms with van der Waals surface area (Å²) in [6.07, 6.45) is -0.759. The first kappa shape index (κ1) is 14.5. The van der Waals surface area contributed by atoms with Gasteiger partial charge in [-0.05, 0) is 5.56 Å². The zero-order valence-corrected chi connectivity index (χ0v) is 12.2. The van der Waals surface area contributed by atoms with Crippen LogP contribution in [0, 0.1) is 6.92 Å². The van der Waals surface area contributed by atoms with Crippen LogP contribution in [0.5, 0.6) is 0 Å². The van der Waals surface area contributed by atoms with Gasteiger partial charge in [0.25, 0.3) is 0 Å². The van der Waals surface area contributed by atoms with Crippen molar-refractivity contribution in [2.75, 3.05) is 6.54 Å². The summed E-state index contributed by atoms with van der Waals surface area (Å²) in [5.74, 6) is 0.750. The number of benzene rings is 1. The fourth-order valence-electron chi connectivity index (χ4n) is 2.50. The molecule has 2 aromatic rings. The molecule has 7 heteroatoms. The van der Waals surface area contributed by atoms with Crippen molar-refractivity contribution in [2.24, 2.45) is 0 Å². The quantitative estimate of drug-likeness (QED) is 0.930. The smallest absolute Gasteiger partial charge is 0.410 e. The number of likely N-dealkylation sites (tertiary alicyclic amines) is 1. The minimum atomic E-state index is -0.624. The fraction of sp³-hybridized carbons (Fsp3) is 0.400. The average Bonchev–Trinajstić information content (AvgIpc) is 3.11. The Morgan fingerprint density at radius 1 is 1.41 bits per heavy atom. The highest BCUT2D eigenvalue weighted by Gasteiger charge is 2.39. The first-order valence-corrected chi connectivity index (χ1v) is 7.09. The van der Waals surface area contributed by atoms with E-state index in [1.807, 2.05) is 30.3 Å². The van der Waals surface area contributed by atoms with Crippen molar-refractivity contribution in [1.82, 2.24) is 15.1 Å². The van der Waals surface area contributed by atoms with Crippen LogP contribution in [0.25, 0.3) is 0 Å². The lowest BCUT2D eigenvalue weighted by molar-refractivity contribution is 0.0840. The highest BCUT2D eigenvalue weighted by atomic mass is 16.6. The molecule has 2 atom stereocenters. The Balaban J connectivity index is 1.67. The molecule has 1 amide bonds. The summed E-state index contributed by atoms with van der Waals surface area (Å²) >= 11 is 0. The maximum Gasteiger partial charge on any atom is 0.410 e. The summed E-state index contributed by atoms with van der Waals surface area (Å²) in [7, 11) is 0. The summed E-state index contributed by atoms with van der Waals surface area (Å²) in [6.45, 7) is 2.06. The second-order valence-electron chi connectivity index (χ2n) is 5.26. The Labute approximate surface area is 127 Å². The zero-order valence-electron chi connectivity index (χ0n) is 12.2. The third-order valence-corrected chi connectivity index (χ3v) is 3.55. The second-order valence-corrected chi connectivity index (χ2v) is 5.26. The molecular formula is C15H17N3O4. The van der Waals surface area contributed by atoms with Crippen LogP contribution in [0.1, 0.15) is 29.8 Å². The Morgan fingerprint density at radius 2 is 2.18 bits per heavy atom. The van der Waals surface area contributed by atoms with Crippen molar-refractivity contribution in [3.8, 4) is 0 Å². The number of amides is 1. The molecule has 7 nitrogen and oxygen atoms in total. The van der Waals surface area contributed by atoms with E-state index in [4.69, 9.17) is 9.15 Å². The molecule has 1 N–H and O–H groups in total. The van der Waals surface area contributed by atoms with Crippen LogP contribution < -0.4 is 0 Å². The number of aliphatic hydroxyl groups excluding tert-OH is 1. The van der Waals surface area contributed by atoms with Crippen molar-refractivity contribution >= 4 is 6.09 Å². The van der Waals surface area contributed by atoms with Gasteiger partial charge in [-0.15, -0.1) is 10.2 Å². The average molecular weight is 303 g/mol. The third-order valence-electron chi connectivity index (χ3n) is 3.55. The van der Waals surface area contributed by atoms with E-state index in [2.05, 4.69) is 10.2 Å². The Hall–Kier alpha value is -2.41. The van der Waals surface area contributed by atoms with Crippen molar-refractivity contribution in [3.63, 3.8) is 0 Å². The van der Waals surface area contributed by atoms with Gasteiger partial charge in [0.15, 0.2) is 0 Å². The van der Waals surface area contributed by atoms with Crippen molar-refractivity contribution in [2.45, 2.75) is 32.1 Å². The maximum atomic E-state index is 12.3. The first-order chi connectivity index (χ1) is 10.6. The Kier molecular flexibility index (Phi) is 4.06. The van der Waals surface area contributed by atoms with Crippen molar-refractivity contribution < 1.29 is 19.1 Å². The topological polar surface area (TPSA) is 88.7 Å². The molecular weight excluding hydrogens is 286 g/mol. The first-order valence-electron chi connectivity index (χ1n) is 7.09. The van der Waals surface area contributed by atoms with Gasteiger partial charge >= 0.3 is 6.09 Å². The molecule has 0 aliphatic carbocycles. The second kappa shape index (κ2) is 6.15. The zero-order chi connectivity index (χ0) is 15.5. The highest BCUT2D eigenvalue weighted by Crippen LogP contribution is 2.32. The molecule has 3 rings (SSSR count). The van der Waals surface area contributed by atoms with Crippen LogP contribution in [-0.2, 0) is 11.3 Å². The van der Waals surface area contributed by atoms with Crippen LogP contribution in [0.3, 0.4) is 0 Å². The number of β-amino-alcohol motifs (C(OH)–C–C–N with tert-alkyl or cyclic N) is 1. The molecule has 1 aromatic heterocycles. The number of ether oxygens (including phenoxy) is 1. The minimum Gasteiger partial charge on any atom is -0.445 e. The number of hydrogen-bond acceptors (Lipinski definition) is 6. The number of hydrogen-bond donors (Lipinski definition) is 1. The molecule has 1 aliphatic rings. The van der Waals surface area contributed by atoms with Crippen molar-refractivity contribution in [1.29, 1.82) is 0 Å².